The van der Waals surface area contributed by atoms with Crippen LogP contribution in [0.3, 0.4) is 0 Å². The molecule has 1 saturated heterocycles. The molecule has 0 spiro atoms. The Bertz CT molecular complexity index is 565. The third kappa shape index (κ3) is 3.02. The van der Waals surface area contributed by atoms with E-state index in [1.165, 1.54) is 4.88 Å². The summed E-state index contributed by atoms with van der Waals surface area (Å²) in [5, 5.41) is 6.95. The van der Waals surface area contributed by atoms with Gasteiger partial charge < -0.3 is 5.32 Å². The molecule has 0 unspecified atom stereocenters. The lowest BCUT2D eigenvalue weighted by atomic mass is 10.0. The summed E-state index contributed by atoms with van der Waals surface area (Å²) >= 11 is 14.2. The van der Waals surface area contributed by atoms with Crippen molar-refractivity contribution in [3.8, 4) is 0 Å². The fraction of sp³-hybridized carbons (Fsp3) is 0.333. The van der Waals surface area contributed by atoms with E-state index in [0.29, 0.717) is 5.02 Å². The second-order valence-corrected chi connectivity index (χ2v) is 6.69. The number of piperazine rings is 1. The van der Waals surface area contributed by atoms with E-state index in [1.54, 1.807) is 11.3 Å². The zero-order valence-corrected chi connectivity index (χ0v) is 13.3. The van der Waals surface area contributed by atoms with Gasteiger partial charge in [-0.2, -0.15) is 0 Å². The van der Waals surface area contributed by atoms with E-state index < -0.39 is 0 Å². The third-order valence-electron chi connectivity index (χ3n) is 3.59. The second kappa shape index (κ2) is 6.46. The molecule has 1 fully saturated rings. The molecule has 2 aromatic rings. The molecule has 2 nitrogen and oxygen atoms in total. The van der Waals surface area contributed by atoms with Crippen LogP contribution in [-0.2, 0) is 0 Å². The fourth-order valence-corrected chi connectivity index (χ4v) is 4.03. The van der Waals surface area contributed by atoms with Gasteiger partial charge in [-0.05, 0) is 29.1 Å². The van der Waals surface area contributed by atoms with Gasteiger partial charge in [0.1, 0.15) is 0 Å². The molecule has 0 amide bonds. The molecule has 0 radical (unpaired) electrons. The highest BCUT2D eigenvalue weighted by Gasteiger charge is 2.26. The first-order valence-electron chi connectivity index (χ1n) is 6.69. The summed E-state index contributed by atoms with van der Waals surface area (Å²) in [7, 11) is 0. The lowest BCUT2D eigenvalue weighted by Gasteiger charge is -2.35. The van der Waals surface area contributed by atoms with Gasteiger partial charge in [-0.15, -0.1) is 11.3 Å². The number of nitrogens with zero attached hydrogens (tertiary/aromatic N) is 1. The Hall–Kier alpha value is -0.580. The van der Waals surface area contributed by atoms with Crippen LogP contribution in [0.5, 0.6) is 0 Å². The van der Waals surface area contributed by atoms with Crippen molar-refractivity contribution < 1.29 is 0 Å². The van der Waals surface area contributed by atoms with Crippen molar-refractivity contribution in [1.82, 2.24) is 10.2 Å². The van der Waals surface area contributed by atoms with E-state index in [-0.39, 0.29) is 6.04 Å². The molecule has 106 valence electrons. The SMILES string of the molecule is Clc1ccc([C@H](c2cccs2)N2CCNCC2)c(Cl)c1. The number of halogens is 2. The van der Waals surface area contributed by atoms with Gasteiger partial charge in [-0.25, -0.2) is 0 Å². The molecular weight excluding hydrogens is 311 g/mol. The second-order valence-electron chi connectivity index (χ2n) is 4.87. The first-order chi connectivity index (χ1) is 9.75. The Morgan fingerprint density at radius 1 is 1.15 bits per heavy atom. The molecule has 2 heterocycles. The largest absolute Gasteiger partial charge is 0.314 e. The Balaban J connectivity index is 2.00. The van der Waals surface area contributed by atoms with Crippen LogP contribution in [0.4, 0.5) is 0 Å². The summed E-state index contributed by atoms with van der Waals surface area (Å²) in [5.41, 5.74) is 1.14. The van der Waals surface area contributed by atoms with Gasteiger partial charge in [-0.3, -0.25) is 4.90 Å². The van der Waals surface area contributed by atoms with Crippen LogP contribution in [-0.4, -0.2) is 31.1 Å². The monoisotopic (exact) mass is 326 g/mol. The zero-order valence-electron chi connectivity index (χ0n) is 11.0. The summed E-state index contributed by atoms with van der Waals surface area (Å²) in [6.07, 6.45) is 0. The van der Waals surface area contributed by atoms with E-state index >= 15 is 0 Å². The van der Waals surface area contributed by atoms with Gasteiger partial charge in [0.25, 0.3) is 0 Å². The van der Waals surface area contributed by atoms with Gasteiger partial charge in [-0.1, -0.05) is 35.3 Å². The van der Waals surface area contributed by atoms with Crippen LogP contribution < -0.4 is 5.32 Å². The number of hydrogen-bond donors (Lipinski definition) is 1. The number of hydrogen-bond acceptors (Lipinski definition) is 3. The molecule has 1 aliphatic heterocycles. The van der Waals surface area contributed by atoms with Gasteiger partial charge in [0.15, 0.2) is 0 Å². The van der Waals surface area contributed by atoms with Crippen LogP contribution in [0.25, 0.3) is 0 Å². The summed E-state index contributed by atoms with van der Waals surface area (Å²) < 4.78 is 0. The Kier molecular flexibility index (Phi) is 4.64. The Morgan fingerprint density at radius 3 is 2.60 bits per heavy atom. The topological polar surface area (TPSA) is 15.3 Å². The zero-order chi connectivity index (χ0) is 13.9. The first-order valence-corrected chi connectivity index (χ1v) is 8.32. The van der Waals surface area contributed by atoms with Gasteiger partial charge >= 0.3 is 0 Å². The predicted molar refractivity (Wildman–Crippen MR) is 87.1 cm³/mol. The quantitative estimate of drug-likeness (QED) is 0.915. The minimum atomic E-state index is 0.224. The molecule has 0 bridgehead atoms. The van der Waals surface area contributed by atoms with Crippen LogP contribution in [0.2, 0.25) is 10.0 Å². The molecule has 0 aliphatic carbocycles. The number of rotatable bonds is 3. The summed E-state index contributed by atoms with van der Waals surface area (Å²) in [4.78, 5) is 3.81. The van der Waals surface area contributed by atoms with Crippen LogP contribution >= 0.6 is 34.5 Å². The standard InChI is InChI=1S/C15H16Cl2N2S/c16-11-3-4-12(13(17)10-11)15(14-2-1-9-20-14)19-7-5-18-6-8-19/h1-4,9-10,15,18H,5-8H2/t15-/m1/s1. The van der Waals surface area contributed by atoms with Crippen molar-refractivity contribution in [2.24, 2.45) is 0 Å². The molecular formula is C15H16Cl2N2S. The molecule has 1 atom stereocenters. The average Bonchev–Trinajstić information content (AvgIpc) is 2.97. The molecule has 5 heteroatoms. The maximum Gasteiger partial charge on any atom is 0.0711 e. The Labute approximate surface area is 133 Å². The highest BCUT2D eigenvalue weighted by Crippen LogP contribution is 2.36. The molecule has 1 aromatic heterocycles. The van der Waals surface area contributed by atoms with Crippen LogP contribution in [0.1, 0.15) is 16.5 Å². The van der Waals surface area contributed by atoms with E-state index in [2.05, 4.69) is 33.8 Å². The molecule has 1 aliphatic rings. The molecule has 1 aromatic carbocycles. The van der Waals surface area contributed by atoms with E-state index in [0.717, 1.165) is 36.8 Å². The lowest BCUT2D eigenvalue weighted by molar-refractivity contribution is 0.201. The third-order valence-corrected chi connectivity index (χ3v) is 5.07. The number of benzene rings is 1. The minimum Gasteiger partial charge on any atom is -0.314 e. The summed E-state index contributed by atoms with van der Waals surface area (Å²) in [6.45, 7) is 4.10. The minimum absolute atomic E-state index is 0.224. The maximum absolute atomic E-state index is 6.44. The van der Waals surface area contributed by atoms with E-state index in [9.17, 15) is 0 Å². The lowest BCUT2D eigenvalue weighted by Crippen LogP contribution is -2.45. The van der Waals surface area contributed by atoms with Crippen molar-refractivity contribution in [1.29, 1.82) is 0 Å². The van der Waals surface area contributed by atoms with Crippen molar-refractivity contribution in [2.45, 2.75) is 6.04 Å². The van der Waals surface area contributed by atoms with Crippen molar-refractivity contribution in [2.75, 3.05) is 26.2 Å². The molecule has 3 rings (SSSR count). The average molecular weight is 327 g/mol. The van der Waals surface area contributed by atoms with Crippen molar-refractivity contribution in [3.05, 3.63) is 56.2 Å². The van der Waals surface area contributed by atoms with Crippen LogP contribution in [0.15, 0.2) is 35.7 Å². The van der Waals surface area contributed by atoms with Gasteiger partial charge in [0, 0.05) is 41.1 Å². The van der Waals surface area contributed by atoms with Gasteiger partial charge in [0.05, 0.1) is 6.04 Å². The Morgan fingerprint density at radius 2 is 1.95 bits per heavy atom. The fourth-order valence-electron chi connectivity index (χ4n) is 2.64. The molecule has 1 N–H and O–H groups in total. The summed E-state index contributed by atoms with van der Waals surface area (Å²) in [5.74, 6) is 0. The summed E-state index contributed by atoms with van der Waals surface area (Å²) in [6, 6.07) is 10.3. The normalized spacial score (nSPS) is 18.1. The first kappa shape index (κ1) is 14.4. The van der Waals surface area contributed by atoms with Gasteiger partial charge in [0.2, 0.25) is 0 Å². The number of nitrogens with one attached hydrogen (secondary N) is 1. The number of thiophene rings is 1. The van der Waals surface area contributed by atoms with Crippen molar-refractivity contribution in [3.63, 3.8) is 0 Å². The molecule has 0 saturated carbocycles. The maximum atomic E-state index is 6.44. The van der Waals surface area contributed by atoms with E-state index in [1.807, 2.05) is 12.1 Å². The highest BCUT2D eigenvalue weighted by molar-refractivity contribution is 7.10. The smallest absolute Gasteiger partial charge is 0.0711 e. The molecule has 20 heavy (non-hydrogen) atoms. The highest BCUT2D eigenvalue weighted by atomic mass is 35.5. The van der Waals surface area contributed by atoms with Crippen LogP contribution in [0, 0.1) is 0 Å². The van der Waals surface area contributed by atoms with Crippen molar-refractivity contribution >= 4 is 34.5 Å². The van der Waals surface area contributed by atoms with E-state index in [4.69, 9.17) is 23.2 Å². The predicted octanol–water partition coefficient (Wildman–Crippen LogP) is 4.05.